The molecule has 2 amide bonds. The minimum Gasteiger partial charge on any atom is -0.481 e. The number of unbranched alkanes of at least 4 members (excludes halogenated alkanes) is 2. The van der Waals surface area contributed by atoms with Gasteiger partial charge >= 0.3 is 12.0 Å². The Morgan fingerprint density at radius 2 is 1.85 bits per heavy atom. The number of carbonyl (C=O) groups is 2. The predicted molar refractivity (Wildman–Crippen MR) is 80.8 cm³/mol. The number of rotatable bonds is 10. The lowest BCUT2D eigenvalue weighted by Gasteiger charge is -2.27. The van der Waals surface area contributed by atoms with Gasteiger partial charge in [-0.05, 0) is 32.6 Å². The lowest BCUT2D eigenvalue weighted by molar-refractivity contribution is -0.137. The van der Waals surface area contributed by atoms with Crippen molar-refractivity contribution in [3.63, 3.8) is 0 Å². The van der Waals surface area contributed by atoms with Crippen molar-refractivity contribution in [3.8, 4) is 0 Å². The molecule has 5 nitrogen and oxygen atoms in total. The van der Waals surface area contributed by atoms with Crippen molar-refractivity contribution < 1.29 is 14.7 Å². The number of hydrogen-bond donors (Lipinski definition) is 2. The Kier molecular flexibility index (Phi) is 9.86. The highest BCUT2D eigenvalue weighted by Gasteiger charge is 2.16. The van der Waals surface area contributed by atoms with Gasteiger partial charge in [-0.3, -0.25) is 4.79 Å². The zero-order valence-electron chi connectivity index (χ0n) is 13.3. The zero-order valence-corrected chi connectivity index (χ0v) is 13.3. The third-order valence-corrected chi connectivity index (χ3v) is 3.34. The number of carbonyl (C=O) groups excluding carboxylic acids is 1. The molecule has 0 aliphatic heterocycles. The molecule has 0 bridgehead atoms. The molecular formula is C15H30N2O3. The highest BCUT2D eigenvalue weighted by atomic mass is 16.4. The van der Waals surface area contributed by atoms with Crippen molar-refractivity contribution in [1.29, 1.82) is 0 Å². The molecule has 20 heavy (non-hydrogen) atoms. The molecule has 0 fully saturated rings. The van der Waals surface area contributed by atoms with Crippen molar-refractivity contribution in [3.05, 3.63) is 0 Å². The molecule has 0 saturated carbocycles. The fourth-order valence-electron chi connectivity index (χ4n) is 1.96. The van der Waals surface area contributed by atoms with Crippen LogP contribution >= 0.6 is 0 Å². The Hall–Kier alpha value is -1.26. The number of urea groups is 1. The summed E-state index contributed by atoms with van der Waals surface area (Å²) in [6.45, 7) is 9.44. The van der Waals surface area contributed by atoms with Crippen LogP contribution in [0.1, 0.15) is 59.8 Å². The van der Waals surface area contributed by atoms with E-state index in [4.69, 9.17) is 5.11 Å². The number of aliphatic carboxylic acids is 1. The predicted octanol–water partition coefficient (Wildman–Crippen LogP) is 3.10. The van der Waals surface area contributed by atoms with Crippen LogP contribution in [-0.4, -0.2) is 41.1 Å². The number of carboxylic acid groups (broad SMARTS) is 1. The fraction of sp³-hybridized carbons (Fsp3) is 0.867. The van der Waals surface area contributed by atoms with E-state index in [0.29, 0.717) is 13.0 Å². The lowest BCUT2D eigenvalue weighted by Crippen LogP contribution is -2.45. The lowest BCUT2D eigenvalue weighted by atomic mass is 10.1. The van der Waals surface area contributed by atoms with E-state index < -0.39 is 5.97 Å². The van der Waals surface area contributed by atoms with Crippen LogP contribution in [0, 0.1) is 5.92 Å². The number of nitrogens with one attached hydrogen (secondary N) is 1. The molecule has 1 unspecified atom stereocenters. The van der Waals surface area contributed by atoms with Gasteiger partial charge in [0.2, 0.25) is 0 Å². The van der Waals surface area contributed by atoms with E-state index in [1.807, 2.05) is 25.7 Å². The normalized spacial score (nSPS) is 12.2. The van der Waals surface area contributed by atoms with Crippen LogP contribution in [0.4, 0.5) is 4.79 Å². The molecule has 0 rings (SSSR count). The van der Waals surface area contributed by atoms with Crippen molar-refractivity contribution >= 4 is 12.0 Å². The molecule has 0 aromatic heterocycles. The quantitative estimate of drug-likeness (QED) is 0.606. The van der Waals surface area contributed by atoms with Crippen LogP contribution in [0.3, 0.4) is 0 Å². The first-order chi connectivity index (χ1) is 9.38. The van der Waals surface area contributed by atoms with E-state index in [-0.39, 0.29) is 24.4 Å². The van der Waals surface area contributed by atoms with Gasteiger partial charge in [0, 0.05) is 25.6 Å². The summed E-state index contributed by atoms with van der Waals surface area (Å²) in [5, 5.41) is 11.5. The largest absolute Gasteiger partial charge is 0.481 e. The van der Waals surface area contributed by atoms with Gasteiger partial charge in [0.15, 0.2) is 0 Å². The molecule has 0 aromatic rings. The Balaban J connectivity index is 4.08. The van der Waals surface area contributed by atoms with Crippen molar-refractivity contribution in [2.75, 3.05) is 13.1 Å². The van der Waals surface area contributed by atoms with Crippen LogP contribution in [0.5, 0.6) is 0 Å². The Labute approximate surface area is 122 Å². The summed E-state index contributed by atoms with van der Waals surface area (Å²) in [6, 6.07) is 0.138. The SMILES string of the molecule is CCCCCN(C(=O)NCC(C)CCC(=O)O)C(C)C. The van der Waals surface area contributed by atoms with E-state index >= 15 is 0 Å². The molecular weight excluding hydrogens is 256 g/mol. The summed E-state index contributed by atoms with van der Waals surface area (Å²) in [5.41, 5.74) is 0. The molecule has 0 spiro atoms. The van der Waals surface area contributed by atoms with E-state index in [9.17, 15) is 9.59 Å². The van der Waals surface area contributed by atoms with Gasteiger partial charge in [-0.1, -0.05) is 26.7 Å². The maximum atomic E-state index is 12.1. The average Bonchev–Trinajstić information content (AvgIpc) is 2.38. The first kappa shape index (κ1) is 18.7. The second-order valence-corrected chi connectivity index (χ2v) is 5.72. The molecule has 118 valence electrons. The second kappa shape index (κ2) is 10.5. The van der Waals surface area contributed by atoms with E-state index in [0.717, 1.165) is 25.8 Å². The van der Waals surface area contributed by atoms with Crippen LogP contribution < -0.4 is 5.32 Å². The molecule has 1 atom stereocenters. The van der Waals surface area contributed by atoms with Crippen molar-refractivity contribution in [2.45, 2.75) is 65.8 Å². The zero-order chi connectivity index (χ0) is 15.5. The minimum absolute atomic E-state index is 0.0433. The topological polar surface area (TPSA) is 69.6 Å². The van der Waals surface area contributed by atoms with Gasteiger partial charge in [-0.25, -0.2) is 4.79 Å². The Morgan fingerprint density at radius 1 is 1.20 bits per heavy atom. The smallest absolute Gasteiger partial charge is 0.317 e. The summed E-state index contributed by atoms with van der Waals surface area (Å²) in [4.78, 5) is 24.5. The van der Waals surface area contributed by atoms with Crippen LogP contribution in [-0.2, 0) is 4.79 Å². The van der Waals surface area contributed by atoms with Crippen molar-refractivity contribution in [1.82, 2.24) is 10.2 Å². The first-order valence-corrected chi connectivity index (χ1v) is 7.64. The van der Waals surface area contributed by atoms with E-state index in [1.165, 1.54) is 0 Å². The third-order valence-electron chi connectivity index (χ3n) is 3.34. The highest BCUT2D eigenvalue weighted by Crippen LogP contribution is 2.06. The summed E-state index contributed by atoms with van der Waals surface area (Å²) >= 11 is 0. The number of nitrogens with zero attached hydrogens (tertiary/aromatic N) is 1. The fourth-order valence-corrected chi connectivity index (χ4v) is 1.96. The number of amides is 2. The summed E-state index contributed by atoms with van der Waals surface area (Å²) in [6.07, 6.45) is 4.04. The molecule has 0 aromatic carbocycles. The number of carboxylic acids is 1. The Bertz CT molecular complexity index is 293. The van der Waals surface area contributed by atoms with Gasteiger partial charge < -0.3 is 15.3 Å². The molecule has 5 heteroatoms. The van der Waals surface area contributed by atoms with Crippen LogP contribution in [0.2, 0.25) is 0 Å². The molecule has 0 aliphatic rings. The van der Waals surface area contributed by atoms with Gasteiger partial charge in [-0.15, -0.1) is 0 Å². The van der Waals surface area contributed by atoms with Gasteiger partial charge in [0.05, 0.1) is 0 Å². The average molecular weight is 286 g/mol. The highest BCUT2D eigenvalue weighted by molar-refractivity contribution is 5.74. The summed E-state index contributed by atoms with van der Waals surface area (Å²) < 4.78 is 0. The maximum absolute atomic E-state index is 12.1. The van der Waals surface area contributed by atoms with Gasteiger partial charge in [0.25, 0.3) is 0 Å². The summed E-state index contributed by atoms with van der Waals surface area (Å²) in [7, 11) is 0. The number of hydrogen-bond acceptors (Lipinski definition) is 2. The minimum atomic E-state index is -0.786. The molecule has 2 N–H and O–H groups in total. The Morgan fingerprint density at radius 3 is 2.35 bits per heavy atom. The first-order valence-electron chi connectivity index (χ1n) is 7.64. The van der Waals surface area contributed by atoms with Crippen molar-refractivity contribution in [2.24, 2.45) is 5.92 Å². The van der Waals surface area contributed by atoms with E-state index in [1.54, 1.807) is 0 Å². The maximum Gasteiger partial charge on any atom is 0.317 e. The third kappa shape index (κ3) is 8.77. The van der Waals surface area contributed by atoms with E-state index in [2.05, 4.69) is 12.2 Å². The molecule has 0 saturated heterocycles. The standard InChI is InChI=1S/C15H30N2O3/c1-5-6-7-10-17(12(2)3)15(20)16-11-13(4)8-9-14(18)19/h12-13H,5-11H2,1-4H3,(H,16,20)(H,18,19). The molecule has 0 radical (unpaired) electrons. The van der Waals surface area contributed by atoms with Gasteiger partial charge in [0.1, 0.15) is 0 Å². The summed E-state index contributed by atoms with van der Waals surface area (Å²) in [5.74, 6) is -0.605. The second-order valence-electron chi connectivity index (χ2n) is 5.72. The van der Waals surface area contributed by atoms with Crippen LogP contribution in [0.15, 0.2) is 0 Å². The van der Waals surface area contributed by atoms with Crippen LogP contribution in [0.25, 0.3) is 0 Å². The monoisotopic (exact) mass is 286 g/mol. The molecule has 0 aliphatic carbocycles. The molecule has 0 heterocycles. The van der Waals surface area contributed by atoms with Gasteiger partial charge in [-0.2, -0.15) is 0 Å².